The van der Waals surface area contributed by atoms with Crippen molar-refractivity contribution in [1.82, 2.24) is 4.90 Å². The van der Waals surface area contributed by atoms with Crippen LogP contribution in [0.4, 0.5) is 10.1 Å². The van der Waals surface area contributed by atoms with E-state index in [1.165, 1.54) is 6.07 Å². The molecular formula is C13H21FN2. The number of para-hydroxylation sites is 1. The Hall–Kier alpha value is -1.09. The molecule has 0 bridgehead atoms. The number of rotatable bonds is 5. The van der Waals surface area contributed by atoms with Crippen LogP contribution in [0.25, 0.3) is 0 Å². The summed E-state index contributed by atoms with van der Waals surface area (Å²) in [6.07, 6.45) is 1.14. The van der Waals surface area contributed by atoms with E-state index in [0.29, 0.717) is 12.5 Å². The number of hydrogen-bond acceptors (Lipinski definition) is 2. The topological polar surface area (TPSA) is 29.3 Å². The van der Waals surface area contributed by atoms with E-state index in [9.17, 15) is 4.39 Å². The van der Waals surface area contributed by atoms with Gasteiger partial charge in [0.15, 0.2) is 0 Å². The molecule has 2 N–H and O–H groups in total. The molecule has 1 rings (SSSR count). The molecule has 90 valence electrons. The first-order chi connectivity index (χ1) is 7.50. The van der Waals surface area contributed by atoms with Crippen LogP contribution in [0.1, 0.15) is 25.8 Å². The molecule has 0 saturated carbocycles. The van der Waals surface area contributed by atoms with E-state index in [2.05, 4.69) is 18.7 Å². The average molecular weight is 224 g/mol. The number of anilines is 1. The van der Waals surface area contributed by atoms with Gasteiger partial charge in [-0.05, 0) is 37.6 Å². The third-order valence-corrected chi connectivity index (χ3v) is 2.67. The van der Waals surface area contributed by atoms with Crippen molar-refractivity contribution in [2.45, 2.75) is 26.8 Å². The monoisotopic (exact) mass is 224 g/mol. The van der Waals surface area contributed by atoms with Crippen LogP contribution in [0.2, 0.25) is 0 Å². The number of hydrogen-bond donors (Lipinski definition) is 1. The molecular weight excluding hydrogens is 203 g/mol. The first kappa shape index (κ1) is 13.0. The summed E-state index contributed by atoms with van der Waals surface area (Å²) in [5.74, 6) is 0.363. The molecule has 0 atom stereocenters. The fraction of sp³-hybridized carbons (Fsp3) is 0.538. The Bertz CT molecular complexity index is 337. The minimum Gasteiger partial charge on any atom is -0.396 e. The molecule has 0 heterocycles. The van der Waals surface area contributed by atoms with Gasteiger partial charge in [-0.3, -0.25) is 0 Å². The molecule has 1 aromatic rings. The molecule has 2 nitrogen and oxygen atoms in total. The predicted molar refractivity (Wildman–Crippen MR) is 66.6 cm³/mol. The normalized spacial score (nSPS) is 11.4. The average Bonchev–Trinajstić information content (AvgIpc) is 2.22. The minimum absolute atomic E-state index is 0.277. The molecule has 0 aliphatic rings. The van der Waals surface area contributed by atoms with Crippen molar-refractivity contribution in [2.75, 3.05) is 19.3 Å². The third-order valence-electron chi connectivity index (χ3n) is 2.67. The second kappa shape index (κ2) is 5.85. The minimum atomic E-state index is -0.324. The molecule has 1 aromatic carbocycles. The Balaban J connectivity index is 2.56. The van der Waals surface area contributed by atoms with Crippen molar-refractivity contribution in [2.24, 2.45) is 5.92 Å². The summed E-state index contributed by atoms with van der Waals surface area (Å²) >= 11 is 0. The van der Waals surface area contributed by atoms with Gasteiger partial charge in [0.25, 0.3) is 0 Å². The summed E-state index contributed by atoms with van der Waals surface area (Å²) in [7, 11) is 2.03. The zero-order valence-corrected chi connectivity index (χ0v) is 10.3. The first-order valence-corrected chi connectivity index (χ1v) is 5.72. The van der Waals surface area contributed by atoms with Gasteiger partial charge in [0.1, 0.15) is 5.82 Å². The second-order valence-electron chi connectivity index (χ2n) is 4.73. The van der Waals surface area contributed by atoms with Gasteiger partial charge < -0.3 is 10.6 Å². The Labute approximate surface area is 97.3 Å². The number of nitrogens with two attached hydrogens (primary N) is 1. The lowest BCUT2D eigenvalue weighted by Crippen LogP contribution is -2.21. The summed E-state index contributed by atoms with van der Waals surface area (Å²) < 4.78 is 13.2. The molecule has 3 heteroatoms. The van der Waals surface area contributed by atoms with E-state index in [1.807, 2.05) is 13.1 Å². The van der Waals surface area contributed by atoms with Crippen molar-refractivity contribution >= 4 is 5.69 Å². The SMILES string of the molecule is CC(C)CCN(C)Cc1cccc(F)c1N. The maximum atomic E-state index is 13.2. The Kier molecular flexibility index (Phi) is 4.74. The molecule has 0 unspecified atom stereocenters. The largest absolute Gasteiger partial charge is 0.396 e. The summed E-state index contributed by atoms with van der Waals surface area (Å²) in [5, 5.41) is 0. The standard InChI is InChI=1S/C13H21FN2/c1-10(2)7-8-16(3)9-11-5-4-6-12(14)13(11)15/h4-6,10H,7-9,15H2,1-3H3. The Morgan fingerprint density at radius 1 is 1.38 bits per heavy atom. The maximum Gasteiger partial charge on any atom is 0.146 e. The van der Waals surface area contributed by atoms with Crippen molar-refractivity contribution in [1.29, 1.82) is 0 Å². The quantitative estimate of drug-likeness (QED) is 0.779. The van der Waals surface area contributed by atoms with E-state index in [-0.39, 0.29) is 11.5 Å². The zero-order valence-electron chi connectivity index (χ0n) is 10.3. The highest BCUT2D eigenvalue weighted by molar-refractivity contribution is 5.47. The van der Waals surface area contributed by atoms with Gasteiger partial charge in [0.2, 0.25) is 0 Å². The lowest BCUT2D eigenvalue weighted by molar-refractivity contribution is 0.303. The van der Waals surface area contributed by atoms with Crippen LogP contribution in [0, 0.1) is 11.7 Å². The third kappa shape index (κ3) is 3.81. The van der Waals surface area contributed by atoms with Crippen molar-refractivity contribution in [3.8, 4) is 0 Å². The van der Waals surface area contributed by atoms with Gasteiger partial charge in [0, 0.05) is 6.54 Å². The van der Waals surface area contributed by atoms with Gasteiger partial charge in [-0.25, -0.2) is 4.39 Å². The summed E-state index contributed by atoms with van der Waals surface area (Å²) in [6.45, 7) is 6.11. The lowest BCUT2D eigenvalue weighted by Gasteiger charge is -2.18. The van der Waals surface area contributed by atoms with Crippen molar-refractivity contribution in [3.05, 3.63) is 29.6 Å². The van der Waals surface area contributed by atoms with Crippen LogP contribution in [0.5, 0.6) is 0 Å². The smallest absolute Gasteiger partial charge is 0.146 e. The van der Waals surface area contributed by atoms with Crippen LogP contribution in [0.3, 0.4) is 0 Å². The number of nitrogen functional groups attached to an aromatic ring is 1. The number of halogens is 1. The summed E-state index contributed by atoms with van der Waals surface area (Å²) in [6, 6.07) is 4.98. The van der Waals surface area contributed by atoms with Gasteiger partial charge >= 0.3 is 0 Å². The molecule has 0 aliphatic carbocycles. The lowest BCUT2D eigenvalue weighted by atomic mass is 10.1. The van der Waals surface area contributed by atoms with Crippen LogP contribution < -0.4 is 5.73 Å². The van der Waals surface area contributed by atoms with Crippen LogP contribution in [-0.4, -0.2) is 18.5 Å². The fourth-order valence-corrected chi connectivity index (χ4v) is 1.57. The maximum absolute atomic E-state index is 13.2. The molecule has 0 aliphatic heterocycles. The molecule has 16 heavy (non-hydrogen) atoms. The number of benzene rings is 1. The zero-order chi connectivity index (χ0) is 12.1. The van der Waals surface area contributed by atoms with Gasteiger partial charge in [-0.15, -0.1) is 0 Å². The van der Waals surface area contributed by atoms with E-state index in [0.717, 1.165) is 18.5 Å². The van der Waals surface area contributed by atoms with E-state index >= 15 is 0 Å². The first-order valence-electron chi connectivity index (χ1n) is 5.72. The highest BCUT2D eigenvalue weighted by Gasteiger charge is 2.07. The molecule has 0 aromatic heterocycles. The van der Waals surface area contributed by atoms with Gasteiger partial charge in [0.05, 0.1) is 5.69 Å². The highest BCUT2D eigenvalue weighted by atomic mass is 19.1. The Morgan fingerprint density at radius 2 is 2.06 bits per heavy atom. The van der Waals surface area contributed by atoms with Crippen molar-refractivity contribution < 1.29 is 4.39 Å². The number of nitrogens with zero attached hydrogens (tertiary/aromatic N) is 1. The second-order valence-corrected chi connectivity index (χ2v) is 4.73. The van der Waals surface area contributed by atoms with E-state index in [1.54, 1.807) is 6.07 Å². The Morgan fingerprint density at radius 3 is 2.69 bits per heavy atom. The molecule has 0 spiro atoms. The molecule has 0 amide bonds. The molecule has 0 fully saturated rings. The van der Waals surface area contributed by atoms with Gasteiger partial charge in [-0.1, -0.05) is 26.0 Å². The van der Waals surface area contributed by atoms with Crippen LogP contribution >= 0.6 is 0 Å². The molecule has 0 radical (unpaired) electrons. The van der Waals surface area contributed by atoms with E-state index < -0.39 is 0 Å². The highest BCUT2D eigenvalue weighted by Crippen LogP contribution is 2.17. The summed E-state index contributed by atoms with van der Waals surface area (Å²) in [5.41, 5.74) is 6.83. The van der Waals surface area contributed by atoms with E-state index in [4.69, 9.17) is 5.73 Å². The summed E-state index contributed by atoms with van der Waals surface area (Å²) in [4.78, 5) is 2.17. The van der Waals surface area contributed by atoms with Crippen LogP contribution in [-0.2, 0) is 6.54 Å². The van der Waals surface area contributed by atoms with Crippen molar-refractivity contribution in [3.63, 3.8) is 0 Å². The predicted octanol–water partition coefficient (Wildman–Crippen LogP) is 2.89. The van der Waals surface area contributed by atoms with Crippen LogP contribution in [0.15, 0.2) is 18.2 Å². The van der Waals surface area contributed by atoms with Gasteiger partial charge in [-0.2, -0.15) is 0 Å². The molecule has 0 saturated heterocycles. The fourth-order valence-electron chi connectivity index (χ4n) is 1.57.